The number of carbonyl (C=O) groups excluding carboxylic acids is 2. The van der Waals surface area contributed by atoms with Crippen LogP contribution in [0.2, 0.25) is 0 Å². The first-order chi connectivity index (χ1) is 16.1. The molecule has 0 saturated heterocycles. The van der Waals surface area contributed by atoms with Crippen LogP contribution in [-0.2, 0) is 16.0 Å². The smallest absolute Gasteiger partial charge is 0.249 e. The van der Waals surface area contributed by atoms with Crippen LogP contribution in [-0.4, -0.2) is 35.2 Å². The van der Waals surface area contributed by atoms with Gasteiger partial charge in [-0.2, -0.15) is 0 Å². The molecule has 0 radical (unpaired) electrons. The van der Waals surface area contributed by atoms with E-state index >= 15 is 0 Å². The highest BCUT2D eigenvalue weighted by Gasteiger charge is 2.22. The molecule has 3 aromatic rings. The van der Waals surface area contributed by atoms with Crippen molar-refractivity contribution in [1.82, 2.24) is 15.5 Å². The van der Waals surface area contributed by atoms with Crippen LogP contribution >= 0.6 is 11.3 Å². The molecule has 2 aromatic carbocycles. The predicted octanol–water partition coefficient (Wildman–Crippen LogP) is 4.85. The van der Waals surface area contributed by atoms with Gasteiger partial charge in [0.25, 0.3) is 0 Å². The Labute approximate surface area is 198 Å². The van der Waals surface area contributed by atoms with E-state index in [2.05, 4.69) is 27.8 Å². The normalized spacial score (nSPS) is 11.6. The SMILES string of the molecule is CCCCCCC(=O)N[C@H](Cc1ccccc1)C(=O)Nc1nnc(-c2cccc(OC)c2)s1. The zero-order chi connectivity index (χ0) is 23.5. The highest BCUT2D eigenvalue weighted by Crippen LogP contribution is 2.28. The van der Waals surface area contributed by atoms with E-state index in [1.165, 1.54) is 11.3 Å². The summed E-state index contributed by atoms with van der Waals surface area (Å²) >= 11 is 1.27. The minimum atomic E-state index is -0.699. The van der Waals surface area contributed by atoms with E-state index in [1.54, 1.807) is 7.11 Å². The zero-order valence-corrected chi connectivity index (χ0v) is 19.9. The fourth-order valence-electron chi connectivity index (χ4n) is 3.38. The summed E-state index contributed by atoms with van der Waals surface area (Å²) in [5, 5.41) is 15.1. The van der Waals surface area contributed by atoms with Gasteiger partial charge in [-0.1, -0.05) is 80.0 Å². The van der Waals surface area contributed by atoms with Crippen molar-refractivity contribution in [3.05, 3.63) is 60.2 Å². The van der Waals surface area contributed by atoms with Crippen molar-refractivity contribution >= 4 is 28.3 Å². The van der Waals surface area contributed by atoms with Gasteiger partial charge in [0.05, 0.1) is 7.11 Å². The van der Waals surface area contributed by atoms with Crippen LogP contribution in [0.1, 0.15) is 44.6 Å². The van der Waals surface area contributed by atoms with Gasteiger partial charge < -0.3 is 10.1 Å². The van der Waals surface area contributed by atoms with Gasteiger partial charge in [0, 0.05) is 18.4 Å². The molecule has 1 heterocycles. The van der Waals surface area contributed by atoms with Gasteiger partial charge in [0.15, 0.2) is 0 Å². The van der Waals surface area contributed by atoms with Crippen molar-refractivity contribution < 1.29 is 14.3 Å². The molecule has 0 unspecified atom stereocenters. The summed E-state index contributed by atoms with van der Waals surface area (Å²) in [7, 11) is 1.61. The van der Waals surface area contributed by atoms with E-state index in [9.17, 15) is 9.59 Å². The lowest BCUT2D eigenvalue weighted by Gasteiger charge is -2.18. The molecule has 1 atom stereocenters. The number of unbranched alkanes of at least 4 members (excludes halogenated alkanes) is 3. The molecule has 174 valence electrons. The van der Waals surface area contributed by atoms with Gasteiger partial charge >= 0.3 is 0 Å². The first kappa shape index (κ1) is 24.4. The summed E-state index contributed by atoms with van der Waals surface area (Å²) < 4.78 is 5.26. The Morgan fingerprint density at radius 3 is 2.61 bits per heavy atom. The summed E-state index contributed by atoms with van der Waals surface area (Å²) in [6, 6.07) is 16.5. The van der Waals surface area contributed by atoms with Crippen molar-refractivity contribution in [2.75, 3.05) is 12.4 Å². The molecule has 2 amide bonds. The van der Waals surface area contributed by atoms with Gasteiger partial charge in [0.2, 0.25) is 16.9 Å². The molecule has 0 bridgehead atoms. The minimum absolute atomic E-state index is 0.114. The minimum Gasteiger partial charge on any atom is -0.497 e. The number of benzene rings is 2. The lowest BCUT2D eigenvalue weighted by atomic mass is 10.0. The Balaban J connectivity index is 1.67. The molecule has 3 rings (SSSR count). The maximum Gasteiger partial charge on any atom is 0.249 e. The predicted molar refractivity (Wildman–Crippen MR) is 131 cm³/mol. The third kappa shape index (κ3) is 7.68. The molecular formula is C25H30N4O3S. The molecule has 0 aliphatic heterocycles. The second kappa shape index (κ2) is 12.7. The largest absolute Gasteiger partial charge is 0.497 e. The van der Waals surface area contributed by atoms with Crippen LogP contribution in [0.5, 0.6) is 5.75 Å². The van der Waals surface area contributed by atoms with Crippen LogP contribution in [0.4, 0.5) is 5.13 Å². The average Bonchev–Trinajstić information content (AvgIpc) is 3.30. The topological polar surface area (TPSA) is 93.2 Å². The van der Waals surface area contributed by atoms with E-state index in [-0.39, 0.29) is 11.8 Å². The van der Waals surface area contributed by atoms with Gasteiger partial charge in [-0.05, 0) is 24.1 Å². The first-order valence-corrected chi connectivity index (χ1v) is 12.0. The average molecular weight is 467 g/mol. The second-order valence-electron chi connectivity index (χ2n) is 7.75. The zero-order valence-electron chi connectivity index (χ0n) is 19.0. The molecule has 0 aliphatic rings. The lowest BCUT2D eigenvalue weighted by molar-refractivity contribution is -0.126. The number of hydrogen-bond acceptors (Lipinski definition) is 6. The molecule has 7 nitrogen and oxygen atoms in total. The fourth-order valence-corrected chi connectivity index (χ4v) is 4.12. The Morgan fingerprint density at radius 1 is 1.03 bits per heavy atom. The standard InChI is InChI=1S/C25H30N4O3S/c1-3-4-5-9-15-22(30)26-21(16-18-11-7-6-8-12-18)23(31)27-25-29-28-24(33-25)19-13-10-14-20(17-19)32-2/h6-8,10-14,17,21H,3-5,9,15-16H2,1-2H3,(H,26,30)(H,27,29,31)/t21-/m1/s1. The lowest BCUT2D eigenvalue weighted by Crippen LogP contribution is -2.45. The summed E-state index contributed by atoms with van der Waals surface area (Å²) in [5.41, 5.74) is 1.83. The van der Waals surface area contributed by atoms with E-state index in [4.69, 9.17) is 4.74 Å². The van der Waals surface area contributed by atoms with Crippen LogP contribution in [0.15, 0.2) is 54.6 Å². The van der Waals surface area contributed by atoms with Gasteiger partial charge in [-0.15, -0.1) is 10.2 Å². The van der Waals surface area contributed by atoms with E-state index in [1.807, 2.05) is 54.6 Å². The first-order valence-electron chi connectivity index (χ1n) is 11.2. The van der Waals surface area contributed by atoms with Crippen molar-refractivity contribution in [2.45, 2.75) is 51.5 Å². The number of amides is 2. The number of anilines is 1. The quantitative estimate of drug-likeness (QED) is 0.372. The summed E-state index contributed by atoms with van der Waals surface area (Å²) in [6.07, 6.45) is 4.86. The molecule has 2 N–H and O–H groups in total. The highest BCUT2D eigenvalue weighted by molar-refractivity contribution is 7.18. The van der Waals surface area contributed by atoms with Crippen molar-refractivity contribution in [2.24, 2.45) is 0 Å². The molecule has 8 heteroatoms. The molecule has 0 spiro atoms. The Kier molecular flexibility index (Phi) is 9.38. The van der Waals surface area contributed by atoms with E-state index < -0.39 is 6.04 Å². The van der Waals surface area contributed by atoms with Crippen molar-refractivity contribution in [1.29, 1.82) is 0 Å². The summed E-state index contributed by atoms with van der Waals surface area (Å²) in [4.78, 5) is 25.6. The number of nitrogens with one attached hydrogen (secondary N) is 2. The fraction of sp³-hybridized carbons (Fsp3) is 0.360. The Morgan fingerprint density at radius 2 is 1.85 bits per heavy atom. The number of methoxy groups -OCH3 is 1. The third-order valence-corrected chi connectivity index (χ3v) is 6.05. The molecule has 0 fully saturated rings. The number of hydrogen-bond donors (Lipinski definition) is 2. The summed E-state index contributed by atoms with van der Waals surface area (Å²) in [6.45, 7) is 2.13. The van der Waals surface area contributed by atoms with E-state index in [0.29, 0.717) is 23.0 Å². The van der Waals surface area contributed by atoms with Gasteiger partial charge in [-0.3, -0.25) is 14.9 Å². The molecular weight excluding hydrogens is 436 g/mol. The molecule has 0 aliphatic carbocycles. The van der Waals surface area contributed by atoms with Crippen LogP contribution in [0.3, 0.4) is 0 Å². The maximum atomic E-state index is 13.1. The monoisotopic (exact) mass is 466 g/mol. The Bertz CT molecular complexity index is 1040. The third-order valence-electron chi connectivity index (χ3n) is 5.16. The van der Waals surface area contributed by atoms with Gasteiger partial charge in [0.1, 0.15) is 16.8 Å². The van der Waals surface area contributed by atoms with E-state index in [0.717, 1.165) is 42.6 Å². The Hall–Kier alpha value is -3.26. The number of ether oxygens (including phenoxy) is 1. The number of aromatic nitrogens is 2. The van der Waals surface area contributed by atoms with Crippen molar-refractivity contribution in [3.8, 4) is 16.3 Å². The van der Waals surface area contributed by atoms with Crippen LogP contribution in [0, 0.1) is 0 Å². The number of carbonyl (C=O) groups is 2. The highest BCUT2D eigenvalue weighted by atomic mass is 32.1. The molecule has 1 aromatic heterocycles. The second-order valence-corrected chi connectivity index (χ2v) is 8.73. The molecule has 33 heavy (non-hydrogen) atoms. The van der Waals surface area contributed by atoms with Crippen LogP contribution in [0.25, 0.3) is 10.6 Å². The van der Waals surface area contributed by atoms with Crippen LogP contribution < -0.4 is 15.4 Å². The number of rotatable bonds is 12. The number of nitrogens with zero attached hydrogens (tertiary/aromatic N) is 2. The summed E-state index contributed by atoms with van der Waals surface area (Å²) in [5.74, 6) is 0.295. The van der Waals surface area contributed by atoms with Crippen molar-refractivity contribution in [3.63, 3.8) is 0 Å². The van der Waals surface area contributed by atoms with Gasteiger partial charge in [-0.25, -0.2) is 0 Å². The molecule has 0 saturated carbocycles. The maximum absolute atomic E-state index is 13.1.